The first-order valence-corrected chi connectivity index (χ1v) is 6.40. The van der Waals surface area contributed by atoms with E-state index in [4.69, 9.17) is 9.47 Å². The second-order valence-corrected chi connectivity index (χ2v) is 4.33. The average molecular weight is 246 g/mol. The van der Waals surface area contributed by atoms with Gasteiger partial charge in [-0.3, -0.25) is 0 Å². The first kappa shape index (κ1) is 12.7. The maximum absolute atomic E-state index is 11.3. The molecule has 0 aromatic heterocycles. The lowest BCUT2D eigenvalue weighted by Gasteiger charge is -2.05. The Morgan fingerprint density at radius 3 is 2.72 bits per heavy atom. The Kier molecular flexibility index (Phi) is 4.40. The molecular formula is C15H18O3. The van der Waals surface area contributed by atoms with Crippen LogP contribution in [0.1, 0.15) is 31.7 Å². The number of ether oxygens (including phenoxy) is 2. The van der Waals surface area contributed by atoms with Crippen molar-refractivity contribution < 1.29 is 14.3 Å². The lowest BCUT2D eigenvalue weighted by atomic mass is 10.1. The van der Waals surface area contributed by atoms with Gasteiger partial charge in [-0.15, -0.1) is 0 Å². The summed E-state index contributed by atoms with van der Waals surface area (Å²) < 4.78 is 10.5. The predicted molar refractivity (Wildman–Crippen MR) is 70.4 cm³/mol. The van der Waals surface area contributed by atoms with E-state index < -0.39 is 0 Å². The molecule has 0 spiro atoms. The van der Waals surface area contributed by atoms with Crippen LogP contribution in [0.25, 0.3) is 6.08 Å². The summed E-state index contributed by atoms with van der Waals surface area (Å²) in [5, 5.41) is 0. The maximum atomic E-state index is 11.3. The maximum Gasteiger partial charge on any atom is 0.334 e. The van der Waals surface area contributed by atoms with E-state index in [1.807, 2.05) is 30.3 Å². The first-order valence-electron chi connectivity index (χ1n) is 6.40. The highest BCUT2D eigenvalue weighted by Gasteiger charge is 2.17. The van der Waals surface area contributed by atoms with Crippen LogP contribution in [0.15, 0.2) is 29.8 Å². The predicted octanol–water partition coefficient (Wildman–Crippen LogP) is 3.20. The largest absolute Gasteiger partial charge is 0.494 e. The van der Waals surface area contributed by atoms with Gasteiger partial charge in [-0.1, -0.05) is 25.5 Å². The molecule has 1 aliphatic rings. The highest BCUT2D eigenvalue weighted by Crippen LogP contribution is 2.19. The molecule has 0 saturated carbocycles. The Balaban J connectivity index is 1.97. The molecule has 1 saturated heterocycles. The summed E-state index contributed by atoms with van der Waals surface area (Å²) in [6.07, 6.45) is 4.78. The minimum Gasteiger partial charge on any atom is -0.494 e. The van der Waals surface area contributed by atoms with Crippen molar-refractivity contribution in [3.05, 3.63) is 35.4 Å². The summed E-state index contributed by atoms with van der Waals surface area (Å²) in [5.41, 5.74) is 1.75. The van der Waals surface area contributed by atoms with E-state index in [0.29, 0.717) is 13.0 Å². The van der Waals surface area contributed by atoms with Crippen molar-refractivity contribution in [3.63, 3.8) is 0 Å². The van der Waals surface area contributed by atoms with E-state index in [1.165, 1.54) is 0 Å². The van der Waals surface area contributed by atoms with Crippen molar-refractivity contribution in [1.82, 2.24) is 0 Å². The molecule has 2 rings (SSSR count). The van der Waals surface area contributed by atoms with E-state index in [2.05, 4.69) is 6.92 Å². The van der Waals surface area contributed by atoms with Crippen molar-refractivity contribution in [1.29, 1.82) is 0 Å². The molecule has 1 fully saturated rings. The van der Waals surface area contributed by atoms with Gasteiger partial charge in [0.15, 0.2) is 0 Å². The van der Waals surface area contributed by atoms with Gasteiger partial charge in [-0.05, 0) is 30.2 Å². The smallest absolute Gasteiger partial charge is 0.334 e. The van der Waals surface area contributed by atoms with Gasteiger partial charge in [-0.25, -0.2) is 4.79 Å². The molecule has 0 N–H and O–H groups in total. The molecule has 0 radical (unpaired) electrons. The monoisotopic (exact) mass is 246 g/mol. The molecule has 1 aromatic rings. The highest BCUT2D eigenvalue weighted by molar-refractivity contribution is 5.95. The lowest BCUT2D eigenvalue weighted by molar-refractivity contribution is -0.134. The molecule has 0 aliphatic carbocycles. The van der Waals surface area contributed by atoms with Crippen LogP contribution in [0, 0.1) is 0 Å². The number of rotatable bonds is 5. The van der Waals surface area contributed by atoms with Crippen LogP contribution < -0.4 is 4.74 Å². The average Bonchev–Trinajstić information content (AvgIpc) is 2.78. The number of carbonyl (C=O) groups excluding carboxylic acids is 1. The van der Waals surface area contributed by atoms with Crippen LogP contribution in [0.3, 0.4) is 0 Å². The third-order valence-corrected chi connectivity index (χ3v) is 2.85. The van der Waals surface area contributed by atoms with Gasteiger partial charge in [0.25, 0.3) is 0 Å². The van der Waals surface area contributed by atoms with Crippen LogP contribution in [-0.4, -0.2) is 19.2 Å². The number of cyclic esters (lactones) is 1. The number of unbranched alkanes of at least 4 members (excludes halogenated alkanes) is 1. The van der Waals surface area contributed by atoms with Crippen molar-refractivity contribution >= 4 is 12.0 Å². The third-order valence-electron chi connectivity index (χ3n) is 2.85. The van der Waals surface area contributed by atoms with E-state index in [1.54, 1.807) is 0 Å². The molecule has 3 heteroatoms. The second kappa shape index (κ2) is 6.24. The molecule has 18 heavy (non-hydrogen) atoms. The zero-order valence-corrected chi connectivity index (χ0v) is 10.6. The van der Waals surface area contributed by atoms with Gasteiger partial charge >= 0.3 is 5.97 Å². The fraction of sp³-hybridized carbons (Fsp3) is 0.400. The van der Waals surface area contributed by atoms with Gasteiger partial charge in [0, 0.05) is 12.0 Å². The van der Waals surface area contributed by atoms with Gasteiger partial charge < -0.3 is 9.47 Å². The zero-order valence-electron chi connectivity index (χ0n) is 10.6. The molecule has 1 aromatic carbocycles. The highest BCUT2D eigenvalue weighted by atomic mass is 16.5. The van der Waals surface area contributed by atoms with Crippen LogP contribution in [-0.2, 0) is 9.53 Å². The summed E-state index contributed by atoms with van der Waals surface area (Å²) in [6, 6.07) is 7.78. The summed E-state index contributed by atoms with van der Waals surface area (Å²) in [7, 11) is 0. The van der Waals surface area contributed by atoms with Crippen LogP contribution in [0.4, 0.5) is 0 Å². The molecular weight excluding hydrogens is 228 g/mol. The van der Waals surface area contributed by atoms with Crippen LogP contribution in [0.5, 0.6) is 5.75 Å². The number of hydrogen-bond donors (Lipinski definition) is 0. The number of esters is 1. The number of benzene rings is 1. The number of hydrogen-bond acceptors (Lipinski definition) is 3. The molecule has 0 unspecified atom stereocenters. The van der Waals surface area contributed by atoms with Crippen molar-refractivity contribution in [2.45, 2.75) is 26.2 Å². The quantitative estimate of drug-likeness (QED) is 0.454. The Bertz CT molecular complexity index is 432. The van der Waals surface area contributed by atoms with Gasteiger partial charge in [0.2, 0.25) is 0 Å². The van der Waals surface area contributed by atoms with E-state index in [0.717, 1.165) is 36.3 Å². The normalized spacial score (nSPS) is 16.9. The van der Waals surface area contributed by atoms with Crippen molar-refractivity contribution in [2.75, 3.05) is 13.2 Å². The Hall–Kier alpha value is -1.77. The number of carbonyl (C=O) groups is 1. The zero-order chi connectivity index (χ0) is 12.8. The summed E-state index contributed by atoms with van der Waals surface area (Å²) in [6.45, 7) is 3.39. The van der Waals surface area contributed by atoms with Crippen LogP contribution >= 0.6 is 0 Å². The Morgan fingerprint density at radius 1 is 1.33 bits per heavy atom. The molecule has 1 heterocycles. The molecule has 0 amide bonds. The molecule has 0 bridgehead atoms. The summed E-state index contributed by atoms with van der Waals surface area (Å²) >= 11 is 0. The topological polar surface area (TPSA) is 35.5 Å². The molecule has 0 atom stereocenters. The minimum atomic E-state index is -0.196. The first-order chi connectivity index (χ1) is 8.79. The Labute approximate surface area is 107 Å². The van der Waals surface area contributed by atoms with Gasteiger partial charge in [0.05, 0.1) is 13.2 Å². The summed E-state index contributed by atoms with van der Waals surface area (Å²) in [4.78, 5) is 11.3. The molecule has 1 aliphatic heterocycles. The molecule has 3 nitrogen and oxygen atoms in total. The van der Waals surface area contributed by atoms with Gasteiger partial charge in [-0.2, -0.15) is 0 Å². The second-order valence-electron chi connectivity index (χ2n) is 4.33. The molecule has 96 valence electrons. The third kappa shape index (κ3) is 3.36. The van der Waals surface area contributed by atoms with Crippen molar-refractivity contribution in [2.24, 2.45) is 0 Å². The lowest BCUT2D eigenvalue weighted by Crippen LogP contribution is -1.96. The standard InChI is InChI=1S/C15H18O3/c1-2-3-9-17-14-6-4-12(5-7-14)11-13-8-10-18-15(13)16/h4-7,11H,2-3,8-10H2,1H3. The Morgan fingerprint density at radius 2 is 2.11 bits per heavy atom. The van der Waals surface area contributed by atoms with E-state index >= 15 is 0 Å². The summed E-state index contributed by atoms with van der Waals surface area (Å²) in [5.74, 6) is 0.679. The van der Waals surface area contributed by atoms with Gasteiger partial charge in [0.1, 0.15) is 5.75 Å². The minimum absolute atomic E-state index is 0.196. The van der Waals surface area contributed by atoms with E-state index in [-0.39, 0.29) is 5.97 Å². The SMILES string of the molecule is CCCCOc1ccc(C=C2CCOC2=O)cc1. The van der Waals surface area contributed by atoms with Crippen LogP contribution in [0.2, 0.25) is 0 Å². The van der Waals surface area contributed by atoms with Crippen molar-refractivity contribution in [3.8, 4) is 5.75 Å². The fourth-order valence-electron chi connectivity index (χ4n) is 1.78. The van der Waals surface area contributed by atoms with E-state index in [9.17, 15) is 4.79 Å². The fourth-order valence-corrected chi connectivity index (χ4v) is 1.78.